The van der Waals surface area contributed by atoms with Gasteiger partial charge in [0.15, 0.2) is 0 Å². The van der Waals surface area contributed by atoms with E-state index in [0.717, 1.165) is 23.0 Å². The maximum atomic E-state index is 9.88. The van der Waals surface area contributed by atoms with E-state index in [9.17, 15) is 5.11 Å². The first-order valence-electron chi connectivity index (χ1n) is 4.79. The number of nitrogens with two attached hydrogens (primary N) is 1. The van der Waals surface area contributed by atoms with E-state index < -0.39 is 0 Å². The normalized spacial score (nSPS) is 13.3. The Bertz CT molecular complexity index is 447. The van der Waals surface area contributed by atoms with Crippen LogP contribution in [-0.4, -0.2) is 10.1 Å². The molecule has 0 unspecified atom stereocenters. The molecule has 4 N–H and O–H groups in total. The van der Waals surface area contributed by atoms with Crippen molar-refractivity contribution < 1.29 is 5.11 Å². The molecule has 0 saturated heterocycles. The molecule has 3 nitrogen and oxygen atoms in total. The second-order valence-corrected chi connectivity index (χ2v) is 3.45. The Hall–Kier alpha value is -1.48. The number of H-pyrrole nitrogens is 1. The summed E-state index contributed by atoms with van der Waals surface area (Å²) in [4.78, 5) is 3.14. The van der Waals surface area contributed by atoms with Crippen molar-refractivity contribution in [2.45, 2.75) is 19.4 Å². The predicted molar refractivity (Wildman–Crippen MR) is 57.2 cm³/mol. The molecular formula is C11H14N2O. The van der Waals surface area contributed by atoms with Gasteiger partial charge >= 0.3 is 0 Å². The van der Waals surface area contributed by atoms with Crippen molar-refractivity contribution in [2.24, 2.45) is 5.73 Å². The van der Waals surface area contributed by atoms with E-state index in [1.165, 1.54) is 0 Å². The molecule has 2 aromatic rings. The highest BCUT2D eigenvalue weighted by Crippen LogP contribution is 2.32. The minimum absolute atomic E-state index is 0.123. The summed E-state index contributed by atoms with van der Waals surface area (Å²) in [6.07, 6.45) is 0.806. The lowest BCUT2D eigenvalue weighted by Gasteiger charge is -2.05. The Labute approximate surface area is 82.6 Å². The number of aromatic nitrogens is 1. The van der Waals surface area contributed by atoms with E-state index in [1.54, 1.807) is 0 Å². The molecule has 74 valence electrons. The zero-order valence-electron chi connectivity index (χ0n) is 8.12. The van der Waals surface area contributed by atoms with E-state index in [2.05, 4.69) is 4.98 Å². The van der Waals surface area contributed by atoms with Crippen molar-refractivity contribution in [3.05, 3.63) is 30.0 Å². The smallest absolute Gasteiger partial charge is 0.145 e. The van der Waals surface area contributed by atoms with Gasteiger partial charge in [0.1, 0.15) is 5.75 Å². The first-order valence-corrected chi connectivity index (χ1v) is 4.79. The zero-order valence-corrected chi connectivity index (χ0v) is 8.12. The second-order valence-electron chi connectivity index (χ2n) is 3.45. The van der Waals surface area contributed by atoms with E-state index >= 15 is 0 Å². The molecule has 0 bridgehead atoms. The maximum Gasteiger partial charge on any atom is 0.145 e. The van der Waals surface area contributed by atoms with Crippen LogP contribution in [0.5, 0.6) is 5.75 Å². The van der Waals surface area contributed by atoms with Gasteiger partial charge in [-0.15, -0.1) is 0 Å². The van der Waals surface area contributed by atoms with Crippen LogP contribution in [0.15, 0.2) is 24.3 Å². The highest BCUT2D eigenvalue weighted by atomic mass is 16.3. The number of aromatic amines is 1. The molecule has 1 aromatic carbocycles. The summed E-state index contributed by atoms with van der Waals surface area (Å²) in [5, 5.41) is 10.7. The summed E-state index contributed by atoms with van der Waals surface area (Å²) in [5.41, 5.74) is 7.53. The summed E-state index contributed by atoms with van der Waals surface area (Å²) < 4.78 is 0. The molecule has 1 atom stereocenters. The molecule has 0 radical (unpaired) electrons. The van der Waals surface area contributed by atoms with Crippen LogP contribution in [0.25, 0.3) is 10.9 Å². The van der Waals surface area contributed by atoms with Gasteiger partial charge in [-0.3, -0.25) is 0 Å². The van der Waals surface area contributed by atoms with Crippen molar-refractivity contribution in [3.8, 4) is 5.75 Å². The van der Waals surface area contributed by atoms with Crippen LogP contribution in [0, 0.1) is 0 Å². The average Bonchev–Trinajstić information content (AvgIpc) is 2.56. The SMILES string of the molecule is CC[C@@H](N)c1[nH]c2ccccc2c1O. The molecule has 0 amide bonds. The van der Waals surface area contributed by atoms with E-state index in [1.807, 2.05) is 31.2 Å². The topological polar surface area (TPSA) is 62.0 Å². The highest BCUT2D eigenvalue weighted by Gasteiger charge is 2.14. The van der Waals surface area contributed by atoms with Gasteiger partial charge in [0.2, 0.25) is 0 Å². The van der Waals surface area contributed by atoms with Crippen molar-refractivity contribution in [3.63, 3.8) is 0 Å². The fourth-order valence-electron chi connectivity index (χ4n) is 1.62. The fraction of sp³-hybridized carbons (Fsp3) is 0.273. The third-order valence-corrected chi connectivity index (χ3v) is 2.52. The Morgan fingerprint density at radius 3 is 2.79 bits per heavy atom. The first kappa shape index (κ1) is 9.09. The largest absolute Gasteiger partial charge is 0.505 e. The van der Waals surface area contributed by atoms with Gasteiger partial charge in [-0.05, 0) is 18.6 Å². The van der Waals surface area contributed by atoms with Crippen molar-refractivity contribution in [1.82, 2.24) is 4.98 Å². The summed E-state index contributed by atoms with van der Waals surface area (Å²) >= 11 is 0. The van der Waals surface area contributed by atoms with Gasteiger partial charge in [0.25, 0.3) is 0 Å². The lowest BCUT2D eigenvalue weighted by molar-refractivity contribution is 0.465. The van der Waals surface area contributed by atoms with E-state index in [4.69, 9.17) is 5.73 Å². The number of rotatable bonds is 2. The van der Waals surface area contributed by atoms with Gasteiger partial charge in [-0.1, -0.05) is 19.1 Å². The lowest BCUT2D eigenvalue weighted by atomic mass is 10.1. The molecule has 14 heavy (non-hydrogen) atoms. The third kappa shape index (κ3) is 1.26. The summed E-state index contributed by atoms with van der Waals surface area (Å²) in [7, 11) is 0. The molecule has 3 heteroatoms. The van der Waals surface area contributed by atoms with Crippen LogP contribution in [-0.2, 0) is 0 Å². The van der Waals surface area contributed by atoms with Crippen molar-refractivity contribution >= 4 is 10.9 Å². The van der Waals surface area contributed by atoms with Crippen molar-refractivity contribution in [1.29, 1.82) is 0 Å². The van der Waals surface area contributed by atoms with Crippen LogP contribution in [0.1, 0.15) is 25.1 Å². The molecule has 0 spiro atoms. The molecule has 0 aliphatic carbocycles. The van der Waals surface area contributed by atoms with Crippen LogP contribution in [0.2, 0.25) is 0 Å². The number of benzene rings is 1. The highest BCUT2D eigenvalue weighted by molar-refractivity contribution is 5.87. The number of aromatic hydroxyl groups is 1. The van der Waals surface area contributed by atoms with Crippen LogP contribution in [0.3, 0.4) is 0 Å². The number of para-hydroxylation sites is 1. The van der Waals surface area contributed by atoms with Gasteiger partial charge < -0.3 is 15.8 Å². The summed E-state index contributed by atoms with van der Waals surface area (Å²) in [6.45, 7) is 2.00. The zero-order chi connectivity index (χ0) is 10.1. The van der Waals surface area contributed by atoms with Crippen LogP contribution < -0.4 is 5.73 Å². The van der Waals surface area contributed by atoms with Gasteiger partial charge in [-0.2, -0.15) is 0 Å². The molecule has 2 rings (SSSR count). The minimum atomic E-state index is -0.123. The number of hydrogen-bond donors (Lipinski definition) is 3. The van der Waals surface area contributed by atoms with Gasteiger partial charge in [0.05, 0.1) is 5.69 Å². The molecule has 0 saturated carbocycles. The third-order valence-electron chi connectivity index (χ3n) is 2.52. The van der Waals surface area contributed by atoms with Crippen molar-refractivity contribution in [2.75, 3.05) is 0 Å². The summed E-state index contributed by atoms with van der Waals surface area (Å²) in [6, 6.07) is 7.52. The number of fused-ring (bicyclic) bond motifs is 1. The van der Waals surface area contributed by atoms with Crippen LogP contribution in [0.4, 0.5) is 0 Å². The minimum Gasteiger partial charge on any atom is -0.505 e. The van der Waals surface area contributed by atoms with Crippen LogP contribution >= 0.6 is 0 Å². The second kappa shape index (κ2) is 3.35. The molecule has 1 heterocycles. The Kier molecular flexibility index (Phi) is 2.17. The molecular weight excluding hydrogens is 176 g/mol. The molecule has 0 aliphatic heterocycles. The van der Waals surface area contributed by atoms with E-state index in [-0.39, 0.29) is 11.8 Å². The Balaban J connectivity index is 2.62. The standard InChI is InChI=1S/C11H14N2O/c1-2-8(12)10-11(14)7-5-3-4-6-9(7)13-10/h3-6,8,13-14H,2,12H2,1H3/t8-/m1/s1. The lowest BCUT2D eigenvalue weighted by Crippen LogP contribution is -2.08. The number of nitrogens with one attached hydrogen (secondary N) is 1. The Morgan fingerprint density at radius 1 is 1.43 bits per heavy atom. The predicted octanol–water partition coefficient (Wildman–Crippen LogP) is 2.28. The fourth-order valence-corrected chi connectivity index (χ4v) is 1.62. The average molecular weight is 190 g/mol. The molecule has 0 aliphatic rings. The maximum absolute atomic E-state index is 9.88. The van der Waals surface area contributed by atoms with E-state index in [0.29, 0.717) is 0 Å². The monoisotopic (exact) mass is 190 g/mol. The summed E-state index contributed by atoms with van der Waals surface area (Å²) in [5.74, 6) is 0.287. The molecule has 0 fully saturated rings. The molecule has 1 aromatic heterocycles. The van der Waals surface area contributed by atoms with Gasteiger partial charge in [-0.25, -0.2) is 0 Å². The Morgan fingerprint density at radius 2 is 2.14 bits per heavy atom. The number of hydrogen-bond acceptors (Lipinski definition) is 2. The quantitative estimate of drug-likeness (QED) is 0.680. The van der Waals surface area contributed by atoms with Gasteiger partial charge in [0, 0.05) is 16.9 Å². The first-order chi connectivity index (χ1) is 6.74.